The number of halogens is 2. The molecule has 4 nitrogen and oxygen atoms in total. The van der Waals surface area contributed by atoms with E-state index in [2.05, 4.69) is 15.5 Å². The number of rotatable bonds is 3. The van der Waals surface area contributed by atoms with E-state index in [1.54, 1.807) is 0 Å². The van der Waals surface area contributed by atoms with E-state index in [0.29, 0.717) is 5.92 Å². The van der Waals surface area contributed by atoms with E-state index in [1.165, 1.54) is 6.07 Å². The first kappa shape index (κ1) is 14.4. The van der Waals surface area contributed by atoms with E-state index < -0.39 is 11.6 Å². The van der Waals surface area contributed by atoms with Gasteiger partial charge in [0.05, 0.1) is 12.2 Å². The Labute approximate surface area is 122 Å². The topological polar surface area (TPSA) is 44.4 Å². The predicted molar refractivity (Wildman–Crippen MR) is 75.9 cm³/mol. The van der Waals surface area contributed by atoms with Gasteiger partial charge in [-0.15, -0.1) is 0 Å². The SMILES string of the molecule is O=C(CN1CCC2CNCC2C1)Nc1ccc(F)cc1F. The standard InChI is InChI=1S/C15H19F2N3O/c16-12-1-2-14(13(17)5-12)19-15(21)9-20-4-3-10-6-18-7-11(10)8-20/h1-2,5,10-11,18H,3-4,6-9H2,(H,19,21). The van der Waals surface area contributed by atoms with Crippen LogP contribution in [0.25, 0.3) is 0 Å². The molecular formula is C15H19F2N3O. The van der Waals surface area contributed by atoms with Crippen molar-refractivity contribution >= 4 is 11.6 Å². The highest BCUT2D eigenvalue weighted by atomic mass is 19.1. The van der Waals surface area contributed by atoms with Crippen molar-refractivity contribution in [3.05, 3.63) is 29.8 Å². The molecule has 2 aliphatic heterocycles. The van der Waals surface area contributed by atoms with Crippen molar-refractivity contribution in [2.45, 2.75) is 6.42 Å². The summed E-state index contributed by atoms with van der Waals surface area (Å²) in [6.07, 6.45) is 1.09. The minimum Gasteiger partial charge on any atom is -0.322 e. The lowest BCUT2D eigenvalue weighted by atomic mass is 9.89. The van der Waals surface area contributed by atoms with Crippen LogP contribution < -0.4 is 10.6 Å². The summed E-state index contributed by atoms with van der Waals surface area (Å²) in [5, 5.41) is 5.88. The van der Waals surface area contributed by atoms with Crippen LogP contribution in [-0.4, -0.2) is 43.5 Å². The van der Waals surface area contributed by atoms with Gasteiger partial charge in [0.2, 0.25) is 5.91 Å². The molecule has 0 aliphatic carbocycles. The molecule has 2 fully saturated rings. The number of anilines is 1. The highest BCUT2D eigenvalue weighted by molar-refractivity contribution is 5.92. The smallest absolute Gasteiger partial charge is 0.238 e. The number of carbonyl (C=O) groups is 1. The van der Waals surface area contributed by atoms with E-state index in [9.17, 15) is 13.6 Å². The zero-order valence-electron chi connectivity index (χ0n) is 11.7. The summed E-state index contributed by atoms with van der Waals surface area (Å²) in [6, 6.07) is 3.15. The highest BCUT2D eigenvalue weighted by Crippen LogP contribution is 2.26. The fourth-order valence-electron chi connectivity index (χ4n) is 3.24. The maximum absolute atomic E-state index is 13.5. The number of amides is 1. The number of carbonyl (C=O) groups excluding carboxylic acids is 1. The van der Waals surface area contributed by atoms with Gasteiger partial charge in [-0.2, -0.15) is 0 Å². The van der Waals surface area contributed by atoms with Crippen molar-refractivity contribution in [1.29, 1.82) is 0 Å². The molecule has 2 unspecified atom stereocenters. The van der Waals surface area contributed by atoms with Gasteiger partial charge in [-0.05, 0) is 50.0 Å². The second-order valence-electron chi connectivity index (χ2n) is 5.87. The summed E-state index contributed by atoms with van der Waals surface area (Å²) in [5.41, 5.74) is 0.0267. The molecule has 0 radical (unpaired) electrons. The molecule has 114 valence electrons. The third-order valence-electron chi connectivity index (χ3n) is 4.36. The third-order valence-corrected chi connectivity index (χ3v) is 4.36. The monoisotopic (exact) mass is 295 g/mol. The Morgan fingerprint density at radius 3 is 2.95 bits per heavy atom. The van der Waals surface area contributed by atoms with Crippen molar-refractivity contribution in [2.75, 3.05) is 38.0 Å². The molecule has 21 heavy (non-hydrogen) atoms. The van der Waals surface area contributed by atoms with Crippen LogP contribution in [0.15, 0.2) is 18.2 Å². The summed E-state index contributed by atoms with van der Waals surface area (Å²) in [5.74, 6) is -0.332. The average Bonchev–Trinajstić information content (AvgIpc) is 2.89. The molecule has 0 aromatic heterocycles. The van der Waals surface area contributed by atoms with E-state index in [1.807, 2.05) is 0 Å². The van der Waals surface area contributed by atoms with Crippen LogP contribution in [0.1, 0.15) is 6.42 Å². The lowest BCUT2D eigenvalue weighted by molar-refractivity contribution is -0.117. The van der Waals surface area contributed by atoms with Gasteiger partial charge in [-0.1, -0.05) is 0 Å². The number of hydrogen-bond acceptors (Lipinski definition) is 3. The van der Waals surface area contributed by atoms with Gasteiger partial charge in [0.25, 0.3) is 0 Å². The average molecular weight is 295 g/mol. The number of piperidine rings is 1. The predicted octanol–water partition coefficient (Wildman–Crippen LogP) is 1.44. The second kappa shape index (κ2) is 6.07. The molecule has 2 saturated heterocycles. The van der Waals surface area contributed by atoms with Crippen molar-refractivity contribution in [3.63, 3.8) is 0 Å². The molecule has 2 heterocycles. The number of nitrogens with zero attached hydrogens (tertiary/aromatic N) is 1. The van der Waals surface area contributed by atoms with Gasteiger partial charge in [-0.25, -0.2) is 8.78 Å². The Morgan fingerprint density at radius 1 is 1.33 bits per heavy atom. The number of nitrogens with one attached hydrogen (secondary N) is 2. The van der Waals surface area contributed by atoms with E-state index in [0.717, 1.165) is 50.7 Å². The first-order chi connectivity index (χ1) is 10.1. The third kappa shape index (κ3) is 3.39. The normalized spacial score (nSPS) is 25.6. The Kier molecular flexibility index (Phi) is 4.17. The summed E-state index contributed by atoms with van der Waals surface area (Å²) in [7, 11) is 0. The fourth-order valence-corrected chi connectivity index (χ4v) is 3.24. The van der Waals surface area contributed by atoms with Gasteiger partial charge in [-0.3, -0.25) is 9.69 Å². The van der Waals surface area contributed by atoms with Gasteiger partial charge >= 0.3 is 0 Å². The molecule has 2 atom stereocenters. The molecule has 2 N–H and O–H groups in total. The van der Waals surface area contributed by atoms with Crippen LogP contribution in [0.2, 0.25) is 0 Å². The first-order valence-electron chi connectivity index (χ1n) is 7.30. The molecule has 3 rings (SSSR count). The fraction of sp³-hybridized carbons (Fsp3) is 0.533. The number of benzene rings is 1. The molecule has 0 spiro atoms. The Morgan fingerprint density at radius 2 is 2.14 bits per heavy atom. The molecule has 0 saturated carbocycles. The van der Waals surface area contributed by atoms with Crippen molar-refractivity contribution < 1.29 is 13.6 Å². The quantitative estimate of drug-likeness (QED) is 0.887. The molecule has 1 amide bonds. The number of fused-ring (bicyclic) bond motifs is 1. The van der Waals surface area contributed by atoms with Crippen LogP contribution in [0.3, 0.4) is 0 Å². The van der Waals surface area contributed by atoms with E-state index in [4.69, 9.17) is 0 Å². The van der Waals surface area contributed by atoms with Crippen LogP contribution >= 0.6 is 0 Å². The van der Waals surface area contributed by atoms with Crippen LogP contribution in [0.5, 0.6) is 0 Å². The first-order valence-corrected chi connectivity index (χ1v) is 7.30. The second-order valence-corrected chi connectivity index (χ2v) is 5.87. The van der Waals surface area contributed by atoms with Gasteiger partial charge < -0.3 is 10.6 Å². The van der Waals surface area contributed by atoms with Gasteiger partial charge in [0.1, 0.15) is 11.6 Å². The maximum atomic E-state index is 13.5. The van der Waals surface area contributed by atoms with Crippen LogP contribution in [0, 0.1) is 23.5 Å². The minimum atomic E-state index is -0.748. The Bertz CT molecular complexity index is 538. The maximum Gasteiger partial charge on any atom is 0.238 e. The summed E-state index contributed by atoms with van der Waals surface area (Å²) in [4.78, 5) is 14.1. The Hall–Kier alpha value is -1.53. The Balaban J connectivity index is 1.54. The molecular weight excluding hydrogens is 276 g/mol. The minimum absolute atomic E-state index is 0.0267. The molecule has 0 bridgehead atoms. The molecule has 1 aromatic rings. The lowest BCUT2D eigenvalue weighted by Gasteiger charge is -2.33. The molecule has 1 aromatic carbocycles. The zero-order valence-corrected chi connectivity index (χ0v) is 11.7. The van der Waals surface area contributed by atoms with Gasteiger partial charge in [0, 0.05) is 12.6 Å². The molecule has 6 heteroatoms. The van der Waals surface area contributed by atoms with Crippen LogP contribution in [0.4, 0.5) is 14.5 Å². The summed E-state index contributed by atoms with van der Waals surface area (Å²) in [6.45, 7) is 4.13. The van der Waals surface area contributed by atoms with Crippen LogP contribution in [-0.2, 0) is 4.79 Å². The number of likely N-dealkylation sites (tertiary alicyclic amines) is 1. The lowest BCUT2D eigenvalue weighted by Crippen LogP contribution is -2.43. The summed E-state index contributed by atoms with van der Waals surface area (Å²) < 4.78 is 26.3. The van der Waals surface area contributed by atoms with Crippen molar-refractivity contribution in [1.82, 2.24) is 10.2 Å². The summed E-state index contributed by atoms with van der Waals surface area (Å²) >= 11 is 0. The van der Waals surface area contributed by atoms with E-state index >= 15 is 0 Å². The van der Waals surface area contributed by atoms with Gasteiger partial charge in [0.15, 0.2) is 0 Å². The largest absolute Gasteiger partial charge is 0.322 e. The number of hydrogen-bond donors (Lipinski definition) is 2. The van der Waals surface area contributed by atoms with E-state index in [-0.39, 0.29) is 18.1 Å². The molecule has 2 aliphatic rings. The van der Waals surface area contributed by atoms with Crippen molar-refractivity contribution in [2.24, 2.45) is 11.8 Å². The zero-order chi connectivity index (χ0) is 14.8. The highest BCUT2D eigenvalue weighted by Gasteiger charge is 2.33. The van der Waals surface area contributed by atoms with Crippen molar-refractivity contribution in [3.8, 4) is 0 Å².